The monoisotopic (exact) mass is 194 g/mol. The number of carbonyl (C=O) groups excluding carboxylic acids is 1. The Morgan fingerprint density at radius 3 is 2.43 bits per heavy atom. The minimum absolute atomic E-state index is 0.0515. The summed E-state index contributed by atoms with van der Waals surface area (Å²) in [4.78, 5) is 13.8. The van der Waals surface area contributed by atoms with Crippen LogP contribution in [-0.4, -0.2) is 23.9 Å². The number of rotatable bonds is 4. The van der Waals surface area contributed by atoms with Gasteiger partial charge in [-0.3, -0.25) is 4.79 Å². The van der Waals surface area contributed by atoms with Crippen LogP contribution < -0.4 is 0 Å². The van der Waals surface area contributed by atoms with Crippen molar-refractivity contribution in [3.8, 4) is 6.07 Å². The molecule has 0 radical (unpaired) electrons. The first kappa shape index (κ1) is 11.0. The Kier molecular flexibility index (Phi) is 3.51. The van der Waals surface area contributed by atoms with Gasteiger partial charge in [0.1, 0.15) is 5.41 Å². The van der Waals surface area contributed by atoms with Crippen molar-refractivity contribution >= 4 is 5.91 Å². The van der Waals surface area contributed by atoms with Crippen molar-refractivity contribution in [1.29, 1.82) is 5.26 Å². The van der Waals surface area contributed by atoms with E-state index in [-0.39, 0.29) is 5.91 Å². The third-order valence-corrected chi connectivity index (χ3v) is 2.99. The van der Waals surface area contributed by atoms with E-state index in [2.05, 4.69) is 13.0 Å². The van der Waals surface area contributed by atoms with Gasteiger partial charge in [0.2, 0.25) is 5.91 Å². The molecule has 0 saturated heterocycles. The molecular weight excluding hydrogens is 176 g/mol. The smallest absolute Gasteiger partial charge is 0.243 e. The second-order valence-corrected chi connectivity index (χ2v) is 3.93. The fourth-order valence-electron chi connectivity index (χ4n) is 1.88. The van der Waals surface area contributed by atoms with Gasteiger partial charge in [-0.2, -0.15) is 5.26 Å². The van der Waals surface area contributed by atoms with Gasteiger partial charge in [0, 0.05) is 13.1 Å². The van der Waals surface area contributed by atoms with Crippen molar-refractivity contribution in [3.63, 3.8) is 0 Å². The molecule has 78 valence electrons. The zero-order chi connectivity index (χ0) is 10.6. The van der Waals surface area contributed by atoms with E-state index in [4.69, 9.17) is 5.26 Å². The number of amides is 1. The second-order valence-electron chi connectivity index (χ2n) is 3.93. The zero-order valence-corrected chi connectivity index (χ0v) is 9.05. The van der Waals surface area contributed by atoms with Crippen molar-refractivity contribution in [1.82, 2.24) is 4.90 Å². The van der Waals surface area contributed by atoms with Crippen LogP contribution in [0.2, 0.25) is 0 Å². The van der Waals surface area contributed by atoms with Crippen LogP contribution in [-0.2, 0) is 4.79 Å². The van der Waals surface area contributed by atoms with Crippen LogP contribution in [0.25, 0.3) is 0 Å². The minimum atomic E-state index is -0.662. The summed E-state index contributed by atoms with van der Waals surface area (Å²) in [5.41, 5.74) is -0.662. The van der Waals surface area contributed by atoms with E-state index in [1.165, 1.54) is 0 Å². The Balaban J connectivity index is 2.67. The molecular formula is C11H18N2O. The maximum Gasteiger partial charge on any atom is 0.243 e. The van der Waals surface area contributed by atoms with Gasteiger partial charge in [-0.15, -0.1) is 0 Å². The lowest BCUT2D eigenvalue weighted by Crippen LogP contribution is -2.47. The first-order valence-corrected chi connectivity index (χ1v) is 5.41. The van der Waals surface area contributed by atoms with Crippen molar-refractivity contribution in [2.75, 3.05) is 13.1 Å². The van der Waals surface area contributed by atoms with Crippen LogP contribution in [0.4, 0.5) is 0 Å². The normalized spacial score (nSPS) is 18.1. The quantitative estimate of drug-likeness (QED) is 0.686. The maximum atomic E-state index is 12.0. The molecule has 1 amide bonds. The van der Waals surface area contributed by atoms with Crippen LogP contribution >= 0.6 is 0 Å². The van der Waals surface area contributed by atoms with Crippen molar-refractivity contribution in [2.24, 2.45) is 5.41 Å². The Morgan fingerprint density at radius 1 is 1.50 bits per heavy atom. The third-order valence-electron chi connectivity index (χ3n) is 2.99. The Morgan fingerprint density at radius 2 is 2.14 bits per heavy atom. The lowest BCUT2D eigenvalue weighted by Gasteiger charge is -2.37. The summed E-state index contributed by atoms with van der Waals surface area (Å²) in [6, 6.07) is 2.20. The van der Waals surface area contributed by atoms with E-state index in [1.807, 2.05) is 11.8 Å². The highest BCUT2D eigenvalue weighted by molar-refractivity contribution is 5.86. The van der Waals surface area contributed by atoms with Crippen molar-refractivity contribution in [2.45, 2.75) is 39.5 Å². The van der Waals surface area contributed by atoms with Crippen LogP contribution in [0.1, 0.15) is 39.5 Å². The molecule has 1 saturated carbocycles. The number of nitrogens with zero attached hydrogens (tertiary/aromatic N) is 2. The molecule has 1 aliphatic carbocycles. The Hall–Kier alpha value is -1.04. The summed E-state index contributed by atoms with van der Waals surface area (Å²) in [7, 11) is 0. The second kappa shape index (κ2) is 4.45. The maximum absolute atomic E-state index is 12.0. The first-order valence-electron chi connectivity index (χ1n) is 5.41. The summed E-state index contributed by atoms with van der Waals surface area (Å²) < 4.78 is 0. The van der Waals surface area contributed by atoms with E-state index >= 15 is 0 Å². The van der Waals surface area contributed by atoms with Gasteiger partial charge in [0.05, 0.1) is 6.07 Å². The highest BCUT2D eigenvalue weighted by Crippen LogP contribution is 2.41. The highest BCUT2D eigenvalue weighted by Gasteiger charge is 2.46. The fraction of sp³-hybridized carbons (Fsp3) is 0.818. The predicted octanol–water partition coefficient (Wildman–Crippen LogP) is 1.94. The molecule has 0 aromatic rings. The molecule has 0 aromatic carbocycles. The highest BCUT2D eigenvalue weighted by atomic mass is 16.2. The van der Waals surface area contributed by atoms with E-state index < -0.39 is 5.41 Å². The SMILES string of the molecule is CCCN(CC)C(=O)C1(C#N)CCC1. The molecule has 0 unspecified atom stereocenters. The van der Waals surface area contributed by atoms with Gasteiger partial charge in [0.25, 0.3) is 0 Å². The molecule has 0 atom stereocenters. The molecule has 0 bridgehead atoms. The minimum Gasteiger partial charge on any atom is -0.342 e. The fourth-order valence-corrected chi connectivity index (χ4v) is 1.88. The van der Waals surface area contributed by atoms with Crippen LogP contribution in [0.5, 0.6) is 0 Å². The molecule has 3 heteroatoms. The lowest BCUT2D eigenvalue weighted by molar-refractivity contribution is -0.142. The van der Waals surface area contributed by atoms with Crippen LogP contribution in [0, 0.1) is 16.7 Å². The van der Waals surface area contributed by atoms with Gasteiger partial charge in [-0.05, 0) is 32.6 Å². The Bertz CT molecular complexity index is 251. The van der Waals surface area contributed by atoms with Gasteiger partial charge in [-0.1, -0.05) is 6.92 Å². The summed E-state index contributed by atoms with van der Waals surface area (Å²) in [5.74, 6) is 0.0515. The summed E-state index contributed by atoms with van der Waals surface area (Å²) in [6.07, 6.45) is 3.48. The first-order chi connectivity index (χ1) is 6.70. The summed E-state index contributed by atoms with van der Waals surface area (Å²) in [6.45, 7) is 5.52. The van der Waals surface area contributed by atoms with Crippen molar-refractivity contribution < 1.29 is 4.79 Å². The molecule has 1 fully saturated rings. The predicted molar refractivity (Wildman–Crippen MR) is 54.4 cm³/mol. The van der Waals surface area contributed by atoms with Crippen molar-refractivity contribution in [3.05, 3.63) is 0 Å². The molecule has 0 aliphatic heterocycles. The topological polar surface area (TPSA) is 44.1 Å². The van der Waals surface area contributed by atoms with Crippen LogP contribution in [0.15, 0.2) is 0 Å². The van der Waals surface area contributed by atoms with Gasteiger partial charge in [-0.25, -0.2) is 0 Å². The molecule has 0 heterocycles. The van der Waals surface area contributed by atoms with E-state index in [0.717, 1.165) is 38.8 Å². The average Bonchev–Trinajstić information content (AvgIpc) is 2.13. The third kappa shape index (κ3) is 1.75. The molecule has 0 N–H and O–H groups in total. The van der Waals surface area contributed by atoms with E-state index in [0.29, 0.717) is 0 Å². The number of hydrogen-bond acceptors (Lipinski definition) is 2. The number of hydrogen-bond donors (Lipinski definition) is 0. The average molecular weight is 194 g/mol. The molecule has 1 aliphatic rings. The lowest BCUT2D eigenvalue weighted by atomic mass is 9.69. The standard InChI is InChI=1S/C11H18N2O/c1-3-8-13(4-2)10(14)11(9-12)6-5-7-11/h3-8H2,1-2H3. The van der Waals surface area contributed by atoms with Crippen LogP contribution in [0.3, 0.4) is 0 Å². The largest absolute Gasteiger partial charge is 0.342 e. The van der Waals surface area contributed by atoms with Gasteiger partial charge in [0.15, 0.2) is 0 Å². The van der Waals surface area contributed by atoms with E-state index in [1.54, 1.807) is 0 Å². The van der Waals surface area contributed by atoms with Gasteiger partial charge < -0.3 is 4.90 Å². The zero-order valence-electron chi connectivity index (χ0n) is 9.05. The Labute approximate surface area is 85.7 Å². The van der Waals surface area contributed by atoms with E-state index in [9.17, 15) is 4.79 Å². The van der Waals surface area contributed by atoms with Gasteiger partial charge >= 0.3 is 0 Å². The number of nitriles is 1. The summed E-state index contributed by atoms with van der Waals surface area (Å²) >= 11 is 0. The molecule has 0 spiro atoms. The summed E-state index contributed by atoms with van der Waals surface area (Å²) in [5, 5.41) is 9.02. The molecule has 1 rings (SSSR count). The molecule has 0 aromatic heterocycles. The molecule has 3 nitrogen and oxygen atoms in total. The number of carbonyl (C=O) groups is 1. The molecule has 14 heavy (non-hydrogen) atoms.